The standard InChI is InChI=1S/C26H34N8O3/c27-21(35)7-3-4-12-28-26-31-23(22-24(32-26)34(17-29-22)20-5-1-2-6-20)30-19-10-8-18(9-11-19)25(36)33-13-15-37-16-14-33/h8-11,17,20H,1-7,12-16H2,(H2,27,35)(H2,28,30,31,32). The number of carbonyl (C=O) groups excluding carboxylic acids is 2. The Morgan fingerprint density at radius 3 is 2.54 bits per heavy atom. The molecule has 37 heavy (non-hydrogen) atoms. The minimum atomic E-state index is -0.290. The van der Waals surface area contributed by atoms with E-state index in [1.165, 1.54) is 12.8 Å². The molecule has 3 aromatic rings. The van der Waals surface area contributed by atoms with Gasteiger partial charge in [0, 0.05) is 43.3 Å². The lowest BCUT2D eigenvalue weighted by molar-refractivity contribution is -0.118. The summed E-state index contributed by atoms with van der Waals surface area (Å²) in [6.45, 7) is 3.00. The van der Waals surface area contributed by atoms with Crippen molar-refractivity contribution in [1.82, 2.24) is 24.4 Å². The lowest BCUT2D eigenvalue weighted by Crippen LogP contribution is -2.40. The van der Waals surface area contributed by atoms with Gasteiger partial charge in [-0.3, -0.25) is 9.59 Å². The first kappa shape index (κ1) is 24.9. The highest BCUT2D eigenvalue weighted by Gasteiger charge is 2.22. The molecule has 2 aromatic heterocycles. The van der Waals surface area contributed by atoms with Gasteiger partial charge in [0.1, 0.15) is 0 Å². The summed E-state index contributed by atoms with van der Waals surface area (Å²) in [4.78, 5) is 39.8. The first-order chi connectivity index (χ1) is 18.1. The maximum Gasteiger partial charge on any atom is 0.254 e. The van der Waals surface area contributed by atoms with Gasteiger partial charge >= 0.3 is 0 Å². The summed E-state index contributed by atoms with van der Waals surface area (Å²) in [6, 6.07) is 7.81. The number of imidazole rings is 1. The molecule has 1 saturated carbocycles. The number of hydrogen-bond acceptors (Lipinski definition) is 8. The van der Waals surface area contributed by atoms with Gasteiger partial charge < -0.3 is 30.6 Å². The molecule has 1 aliphatic heterocycles. The summed E-state index contributed by atoms with van der Waals surface area (Å²) in [5.74, 6) is 0.835. The molecular formula is C26H34N8O3. The highest BCUT2D eigenvalue weighted by Crippen LogP contribution is 2.33. The number of morpholine rings is 1. The number of rotatable bonds is 10. The van der Waals surface area contributed by atoms with Crippen molar-refractivity contribution < 1.29 is 14.3 Å². The SMILES string of the molecule is NC(=O)CCCCNc1nc(Nc2ccc(C(=O)N3CCOCC3)cc2)c2ncn(C3CCCC3)c2n1. The van der Waals surface area contributed by atoms with Gasteiger partial charge in [0.05, 0.1) is 19.5 Å². The maximum absolute atomic E-state index is 12.8. The summed E-state index contributed by atoms with van der Waals surface area (Å²) in [5, 5.41) is 6.67. The zero-order valence-corrected chi connectivity index (χ0v) is 21.0. The number of nitrogens with one attached hydrogen (secondary N) is 2. The van der Waals surface area contributed by atoms with Crippen molar-refractivity contribution in [3.63, 3.8) is 0 Å². The zero-order valence-electron chi connectivity index (χ0n) is 21.0. The number of hydrogen-bond donors (Lipinski definition) is 3. The summed E-state index contributed by atoms with van der Waals surface area (Å²) in [7, 11) is 0. The third-order valence-electron chi connectivity index (χ3n) is 6.97. The molecule has 5 rings (SSSR count). The predicted octanol–water partition coefficient (Wildman–Crippen LogP) is 3.22. The topological polar surface area (TPSA) is 140 Å². The van der Waals surface area contributed by atoms with E-state index in [-0.39, 0.29) is 11.8 Å². The van der Waals surface area contributed by atoms with E-state index < -0.39 is 0 Å². The van der Waals surface area contributed by atoms with Gasteiger partial charge in [0.25, 0.3) is 5.91 Å². The summed E-state index contributed by atoms with van der Waals surface area (Å²) >= 11 is 0. The molecule has 3 heterocycles. The Labute approximate surface area is 215 Å². The van der Waals surface area contributed by atoms with Crippen LogP contribution in [0.25, 0.3) is 11.2 Å². The molecule has 1 aromatic carbocycles. The number of anilines is 3. The van der Waals surface area contributed by atoms with Crippen LogP contribution in [0.3, 0.4) is 0 Å². The molecule has 2 aliphatic rings. The minimum Gasteiger partial charge on any atom is -0.378 e. The fourth-order valence-electron chi connectivity index (χ4n) is 4.94. The highest BCUT2D eigenvalue weighted by molar-refractivity contribution is 5.95. The van der Waals surface area contributed by atoms with Gasteiger partial charge in [0.15, 0.2) is 17.0 Å². The van der Waals surface area contributed by atoms with Crippen LogP contribution in [0.15, 0.2) is 30.6 Å². The second kappa shape index (κ2) is 11.5. The van der Waals surface area contributed by atoms with Gasteiger partial charge in [-0.05, 0) is 49.9 Å². The first-order valence-electron chi connectivity index (χ1n) is 13.1. The van der Waals surface area contributed by atoms with Crippen molar-refractivity contribution in [3.05, 3.63) is 36.2 Å². The van der Waals surface area contributed by atoms with Gasteiger partial charge in [0.2, 0.25) is 11.9 Å². The molecule has 4 N–H and O–H groups in total. The van der Waals surface area contributed by atoms with Crippen LogP contribution in [0.1, 0.15) is 61.3 Å². The molecule has 0 bridgehead atoms. The Balaban J connectivity index is 1.35. The van der Waals surface area contributed by atoms with Crippen LogP contribution in [-0.2, 0) is 9.53 Å². The van der Waals surface area contributed by atoms with Crippen LogP contribution >= 0.6 is 0 Å². The van der Waals surface area contributed by atoms with E-state index in [4.69, 9.17) is 20.4 Å². The monoisotopic (exact) mass is 506 g/mol. The second-order valence-electron chi connectivity index (χ2n) is 9.62. The quantitative estimate of drug-likeness (QED) is 0.356. The molecule has 0 spiro atoms. The molecular weight excluding hydrogens is 472 g/mol. The van der Waals surface area contributed by atoms with Gasteiger partial charge in [-0.2, -0.15) is 9.97 Å². The highest BCUT2D eigenvalue weighted by atomic mass is 16.5. The van der Waals surface area contributed by atoms with Crippen molar-refractivity contribution in [2.24, 2.45) is 5.73 Å². The lowest BCUT2D eigenvalue weighted by atomic mass is 10.1. The number of amides is 2. The predicted molar refractivity (Wildman–Crippen MR) is 141 cm³/mol. The Morgan fingerprint density at radius 1 is 1.05 bits per heavy atom. The number of nitrogens with two attached hydrogens (primary N) is 1. The minimum absolute atomic E-state index is 0.0115. The Morgan fingerprint density at radius 2 is 1.81 bits per heavy atom. The molecule has 1 aliphatic carbocycles. The normalized spacial score (nSPS) is 16.3. The molecule has 0 radical (unpaired) electrons. The summed E-state index contributed by atoms with van der Waals surface area (Å²) < 4.78 is 7.51. The van der Waals surface area contributed by atoms with Gasteiger partial charge in [-0.25, -0.2) is 4.98 Å². The molecule has 0 unspecified atom stereocenters. The summed E-state index contributed by atoms with van der Waals surface area (Å²) in [6.07, 6.45) is 8.38. The van der Waals surface area contributed by atoms with E-state index in [1.54, 1.807) is 0 Å². The molecule has 1 saturated heterocycles. The molecule has 11 heteroatoms. The smallest absolute Gasteiger partial charge is 0.254 e. The van der Waals surface area contributed by atoms with Crippen LogP contribution in [-0.4, -0.2) is 69.1 Å². The Kier molecular flexibility index (Phi) is 7.79. The third kappa shape index (κ3) is 5.99. The number of carbonyl (C=O) groups is 2. The Bertz CT molecular complexity index is 1230. The number of nitrogens with zero attached hydrogens (tertiary/aromatic N) is 5. The number of primary amides is 1. The largest absolute Gasteiger partial charge is 0.378 e. The zero-order chi connectivity index (χ0) is 25.6. The lowest BCUT2D eigenvalue weighted by Gasteiger charge is -2.26. The van der Waals surface area contributed by atoms with Crippen molar-refractivity contribution in [3.8, 4) is 0 Å². The Hall–Kier alpha value is -3.73. The van der Waals surface area contributed by atoms with Crippen molar-refractivity contribution >= 4 is 40.4 Å². The van der Waals surface area contributed by atoms with Gasteiger partial charge in [-0.15, -0.1) is 0 Å². The van der Waals surface area contributed by atoms with Crippen molar-refractivity contribution in [2.45, 2.75) is 51.0 Å². The molecule has 11 nitrogen and oxygen atoms in total. The number of unbranched alkanes of at least 4 members (excludes halogenated alkanes) is 1. The number of fused-ring (bicyclic) bond motifs is 1. The van der Waals surface area contributed by atoms with Crippen LogP contribution in [0.2, 0.25) is 0 Å². The van der Waals surface area contributed by atoms with Crippen LogP contribution in [0, 0.1) is 0 Å². The fraction of sp³-hybridized carbons (Fsp3) is 0.500. The van der Waals surface area contributed by atoms with E-state index in [9.17, 15) is 9.59 Å². The van der Waals surface area contributed by atoms with E-state index in [0.717, 1.165) is 30.6 Å². The van der Waals surface area contributed by atoms with E-state index >= 15 is 0 Å². The maximum atomic E-state index is 12.8. The van der Waals surface area contributed by atoms with Crippen molar-refractivity contribution in [1.29, 1.82) is 0 Å². The molecule has 196 valence electrons. The van der Waals surface area contributed by atoms with E-state index in [0.29, 0.717) is 74.6 Å². The summed E-state index contributed by atoms with van der Waals surface area (Å²) in [5.41, 5.74) is 8.19. The van der Waals surface area contributed by atoms with Crippen LogP contribution in [0.4, 0.5) is 17.5 Å². The first-order valence-corrected chi connectivity index (χ1v) is 13.1. The molecule has 2 amide bonds. The van der Waals surface area contributed by atoms with Gasteiger partial charge in [-0.1, -0.05) is 12.8 Å². The molecule has 2 fully saturated rings. The average molecular weight is 507 g/mol. The van der Waals surface area contributed by atoms with E-state index in [1.807, 2.05) is 35.5 Å². The van der Waals surface area contributed by atoms with E-state index in [2.05, 4.69) is 20.2 Å². The third-order valence-corrected chi connectivity index (χ3v) is 6.97. The van der Waals surface area contributed by atoms with Crippen LogP contribution < -0.4 is 16.4 Å². The number of benzene rings is 1. The molecule has 0 atom stereocenters. The average Bonchev–Trinajstić information content (AvgIpc) is 3.59. The number of aromatic nitrogens is 4. The second-order valence-corrected chi connectivity index (χ2v) is 9.62. The number of ether oxygens (including phenoxy) is 1. The van der Waals surface area contributed by atoms with Crippen molar-refractivity contribution in [2.75, 3.05) is 43.5 Å². The van der Waals surface area contributed by atoms with Crippen LogP contribution in [0.5, 0.6) is 0 Å². The fourth-order valence-corrected chi connectivity index (χ4v) is 4.94.